The molecule has 1 aromatic carbocycles. The number of carbonyl (C=O) groups is 1. The minimum atomic E-state index is -0.0745. The summed E-state index contributed by atoms with van der Waals surface area (Å²) in [4.78, 5) is 25.9. The molecule has 4 rings (SSSR count). The fraction of sp³-hybridized carbons (Fsp3) is 0.238. The molecule has 0 atom stereocenters. The number of aromatic nitrogens is 2. The van der Waals surface area contributed by atoms with Gasteiger partial charge in [0, 0.05) is 49.0 Å². The van der Waals surface area contributed by atoms with E-state index in [1.165, 1.54) is 0 Å². The summed E-state index contributed by atoms with van der Waals surface area (Å²) in [6.07, 6.45) is 4.16. The zero-order chi connectivity index (χ0) is 19.5. The Hall–Kier alpha value is -3.17. The van der Waals surface area contributed by atoms with Crippen LogP contribution in [0.15, 0.2) is 48.8 Å². The maximum absolute atomic E-state index is 13.2. The number of benzene rings is 1. The molecule has 28 heavy (non-hydrogen) atoms. The maximum atomic E-state index is 13.2. The van der Waals surface area contributed by atoms with E-state index in [0.717, 1.165) is 18.4 Å². The molecule has 2 aromatic heterocycles. The van der Waals surface area contributed by atoms with Crippen molar-refractivity contribution in [2.24, 2.45) is 0 Å². The Morgan fingerprint density at radius 2 is 1.89 bits per heavy atom. The lowest BCUT2D eigenvalue weighted by atomic mass is 10.1. The molecule has 140 valence electrons. The first kappa shape index (κ1) is 18.2. The van der Waals surface area contributed by atoms with Crippen molar-refractivity contribution in [1.29, 1.82) is 5.26 Å². The predicted octanol–water partition coefficient (Wildman–Crippen LogP) is 3.51. The van der Waals surface area contributed by atoms with Crippen molar-refractivity contribution in [3.63, 3.8) is 0 Å². The lowest BCUT2D eigenvalue weighted by Crippen LogP contribution is -2.35. The molecule has 1 saturated heterocycles. The first-order valence-corrected chi connectivity index (χ1v) is 9.49. The van der Waals surface area contributed by atoms with Crippen LogP contribution in [0, 0.1) is 11.3 Å². The molecule has 0 saturated carbocycles. The molecule has 3 heterocycles. The minimum Gasteiger partial charge on any atom is -0.354 e. The maximum Gasteiger partial charge on any atom is 0.256 e. The van der Waals surface area contributed by atoms with Gasteiger partial charge in [-0.2, -0.15) is 5.26 Å². The number of hydrogen-bond acceptors (Lipinski definition) is 5. The van der Waals surface area contributed by atoms with Gasteiger partial charge in [0.15, 0.2) is 0 Å². The molecule has 1 amide bonds. The van der Waals surface area contributed by atoms with Crippen LogP contribution in [0.3, 0.4) is 0 Å². The van der Waals surface area contributed by atoms with Crippen LogP contribution in [0.25, 0.3) is 10.9 Å². The summed E-state index contributed by atoms with van der Waals surface area (Å²) < 4.78 is 0. The summed E-state index contributed by atoms with van der Waals surface area (Å²) in [5.74, 6) is 0.601. The molecule has 1 fully saturated rings. The number of carbonyl (C=O) groups excluding carboxylic acids is 1. The molecule has 0 spiro atoms. The number of rotatable bonds is 2. The van der Waals surface area contributed by atoms with Crippen molar-refractivity contribution in [1.82, 2.24) is 14.9 Å². The lowest BCUT2D eigenvalue weighted by molar-refractivity contribution is 0.0769. The summed E-state index contributed by atoms with van der Waals surface area (Å²) in [6.45, 7) is 2.53. The number of fused-ring (bicyclic) bond motifs is 1. The molecule has 1 aliphatic heterocycles. The van der Waals surface area contributed by atoms with Gasteiger partial charge in [-0.1, -0.05) is 17.7 Å². The number of pyridine rings is 2. The Labute approximate surface area is 168 Å². The monoisotopic (exact) mass is 391 g/mol. The molecule has 0 radical (unpaired) electrons. The van der Waals surface area contributed by atoms with Gasteiger partial charge < -0.3 is 9.80 Å². The van der Waals surface area contributed by atoms with Crippen LogP contribution >= 0.6 is 11.6 Å². The molecular formula is C21H18ClN5O. The zero-order valence-electron chi connectivity index (χ0n) is 15.2. The third-order valence-corrected chi connectivity index (χ3v) is 5.11. The molecule has 7 heteroatoms. The molecule has 6 nitrogen and oxygen atoms in total. The average molecular weight is 392 g/mol. The highest BCUT2D eigenvalue weighted by molar-refractivity contribution is 6.32. The second-order valence-electron chi connectivity index (χ2n) is 6.65. The van der Waals surface area contributed by atoms with Gasteiger partial charge in [0.1, 0.15) is 11.9 Å². The Bertz CT molecular complexity index is 1080. The van der Waals surface area contributed by atoms with Crippen LogP contribution < -0.4 is 4.90 Å². The van der Waals surface area contributed by atoms with Crippen molar-refractivity contribution in [3.8, 4) is 6.07 Å². The van der Waals surface area contributed by atoms with Crippen LogP contribution in [0.2, 0.25) is 5.02 Å². The first-order valence-electron chi connectivity index (χ1n) is 9.11. The summed E-state index contributed by atoms with van der Waals surface area (Å²) in [5, 5.41) is 10.7. The summed E-state index contributed by atoms with van der Waals surface area (Å²) in [7, 11) is 0. The number of nitriles is 1. The van der Waals surface area contributed by atoms with Crippen LogP contribution in [-0.4, -0.2) is 47.0 Å². The van der Waals surface area contributed by atoms with Gasteiger partial charge in [0.05, 0.1) is 16.6 Å². The third-order valence-electron chi connectivity index (χ3n) is 4.89. The van der Waals surface area contributed by atoms with E-state index in [4.69, 9.17) is 11.6 Å². The normalized spacial score (nSPS) is 14.6. The van der Waals surface area contributed by atoms with Gasteiger partial charge in [-0.25, -0.2) is 4.98 Å². The lowest BCUT2D eigenvalue weighted by Gasteiger charge is -2.23. The van der Waals surface area contributed by atoms with Gasteiger partial charge in [-0.3, -0.25) is 9.78 Å². The van der Waals surface area contributed by atoms with Crippen LogP contribution in [0.1, 0.15) is 22.3 Å². The van der Waals surface area contributed by atoms with Gasteiger partial charge in [-0.15, -0.1) is 0 Å². The Balaban J connectivity index is 1.59. The van der Waals surface area contributed by atoms with Crippen LogP contribution in [0.5, 0.6) is 0 Å². The quantitative estimate of drug-likeness (QED) is 0.668. The third kappa shape index (κ3) is 3.49. The number of amides is 1. The van der Waals surface area contributed by atoms with Crippen molar-refractivity contribution < 1.29 is 4.79 Å². The number of hydrogen-bond donors (Lipinski definition) is 0. The Morgan fingerprint density at radius 3 is 2.75 bits per heavy atom. The standard InChI is InChI=1S/C21H18ClN5O/c22-17-12-15-4-1-6-24-19(15)18(13-17)21(28)27-9-3-8-26(10-11-27)20-16(14-23)5-2-7-25-20/h1-2,4-7,12-13H,3,8-11H2. The van der Waals surface area contributed by atoms with Crippen molar-refractivity contribution >= 4 is 34.2 Å². The molecule has 0 bridgehead atoms. The fourth-order valence-electron chi connectivity index (χ4n) is 3.56. The number of halogens is 1. The molecule has 0 N–H and O–H groups in total. The number of nitrogens with zero attached hydrogens (tertiary/aromatic N) is 5. The number of anilines is 1. The summed E-state index contributed by atoms with van der Waals surface area (Å²) in [6, 6.07) is 12.9. The average Bonchev–Trinajstić information content (AvgIpc) is 2.98. The van der Waals surface area contributed by atoms with E-state index in [1.807, 2.05) is 23.1 Å². The van der Waals surface area contributed by atoms with Crippen molar-refractivity contribution in [2.45, 2.75) is 6.42 Å². The van der Waals surface area contributed by atoms with E-state index in [1.54, 1.807) is 30.6 Å². The SMILES string of the molecule is N#Cc1cccnc1N1CCCN(C(=O)c2cc(Cl)cc3cccnc23)CC1. The molecular weight excluding hydrogens is 374 g/mol. The van der Waals surface area contributed by atoms with Crippen molar-refractivity contribution in [3.05, 3.63) is 64.9 Å². The molecule has 0 aliphatic carbocycles. The highest BCUT2D eigenvalue weighted by Crippen LogP contribution is 2.24. The van der Waals surface area contributed by atoms with E-state index in [-0.39, 0.29) is 5.91 Å². The molecule has 3 aromatic rings. The topological polar surface area (TPSA) is 73.1 Å². The second-order valence-corrected chi connectivity index (χ2v) is 7.08. The van der Waals surface area contributed by atoms with Crippen LogP contribution in [-0.2, 0) is 0 Å². The Kier molecular flexibility index (Phi) is 5.09. The first-order chi connectivity index (χ1) is 13.7. The predicted molar refractivity (Wildman–Crippen MR) is 108 cm³/mol. The largest absolute Gasteiger partial charge is 0.354 e. The molecule has 1 aliphatic rings. The minimum absolute atomic E-state index is 0.0745. The highest BCUT2D eigenvalue weighted by atomic mass is 35.5. The van der Waals surface area contributed by atoms with Gasteiger partial charge in [0.25, 0.3) is 5.91 Å². The van der Waals surface area contributed by atoms with Gasteiger partial charge in [0.2, 0.25) is 0 Å². The van der Waals surface area contributed by atoms with Gasteiger partial charge >= 0.3 is 0 Å². The Morgan fingerprint density at radius 1 is 1.07 bits per heavy atom. The summed E-state index contributed by atoms with van der Waals surface area (Å²) >= 11 is 6.23. The smallest absolute Gasteiger partial charge is 0.256 e. The van der Waals surface area contributed by atoms with E-state index in [2.05, 4.69) is 20.9 Å². The van der Waals surface area contributed by atoms with E-state index < -0.39 is 0 Å². The highest BCUT2D eigenvalue weighted by Gasteiger charge is 2.24. The van der Waals surface area contributed by atoms with E-state index >= 15 is 0 Å². The van der Waals surface area contributed by atoms with E-state index in [0.29, 0.717) is 47.1 Å². The zero-order valence-corrected chi connectivity index (χ0v) is 15.9. The van der Waals surface area contributed by atoms with Crippen LogP contribution in [0.4, 0.5) is 5.82 Å². The summed E-state index contributed by atoms with van der Waals surface area (Å²) in [5.41, 5.74) is 1.73. The van der Waals surface area contributed by atoms with Gasteiger partial charge in [-0.05, 0) is 36.8 Å². The second kappa shape index (κ2) is 7.83. The van der Waals surface area contributed by atoms with Crippen molar-refractivity contribution in [2.75, 3.05) is 31.1 Å². The molecule has 0 unspecified atom stereocenters. The fourth-order valence-corrected chi connectivity index (χ4v) is 3.78. The van der Waals surface area contributed by atoms with E-state index in [9.17, 15) is 10.1 Å².